The summed E-state index contributed by atoms with van der Waals surface area (Å²) >= 11 is 1.49. The van der Waals surface area contributed by atoms with E-state index in [2.05, 4.69) is 34.8 Å². The molecule has 0 radical (unpaired) electrons. The number of nitrogens with zero attached hydrogens (tertiary/aromatic N) is 3. The fourth-order valence-corrected chi connectivity index (χ4v) is 9.92. The maximum atomic E-state index is 14.3. The molecule has 5 N–H and O–H groups in total. The van der Waals surface area contributed by atoms with E-state index in [1.165, 1.54) is 11.3 Å². The van der Waals surface area contributed by atoms with E-state index in [-0.39, 0.29) is 60.0 Å². The Morgan fingerprint density at radius 1 is 1.05 bits per heavy atom. The lowest BCUT2D eigenvalue weighted by molar-refractivity contribution is -0.147. The Bertz CT molecular complexity index is 1610. The molecule has 1 saturated carbocycles. The van der Waals surface area contributed by atoms with Crippen LogP contribution in [-0.4, -0.2) is 109 Å². The quantitative estimate of drug-likeness (QED) is 0.151. The van der Waals surface area contributed by atoms with Crippen LogP contribution in [0, 0.1) is 23.7 Å². The summed E-state index contributed by atoms with van der Waals surface area (Å²) in [6, 6.07) is 5.92. The molecule has 13 nitrogen and oxygen atoms in total. The molecule has 1 aromatic carbocycles. The van der Waals surface area contributed by atoms with Crippen LogP contribution in [0.5, 0.6) is 0 Å². The largest absolute Gasteiger partial charge is 0.399 e. The number of rotatable bonds is 19. The first kappa shape index (κ1) is 43.5. The third-order valence-electron chi connectivity index (χ3n) is 12.6. The number of anilines is 1. The van der Waals surface area contributed by atoms with Crippen molar-refractivity contribution in [3.8, 4) is 0 Å². The highest BCUT2D eigenvalue weighted by Gasteiger charge is 2.46. The summed E-state index contributed by atoms with van der Waals surface area (Å²) < 4.78 is 12.1. The van der Waals surface area contributed by atoms with Crippen LogP contribution in [0.1, 0.15) is 96.2 Å². The molecular weight excluding hydrogens is 731 g/mol. The van der Waals surface area contributed by atoms with Crippen LogP contribution >= 0.6 is 11.3 Å². The van der Waals surface area contributed by atoms with Crippen molar-refractivity contribution in [1.29, 1.82) is 0 Å². The third kappa shape index (κ3) is 10.1. The molecule has 3 fully saturated rings. The predicted molar refractivity (Wildman–Crippen MR) is 219 cm³/mol. The summed E-state index contributed by atoms with van der Waals surface area (Å²) in [5.41, 5.74) is 7.61. The Morgan fingerprint density at radius 3 is 2.36 bits per heavy atom. The van der Waals surface area contributed by atoms with Crippen molar-refractivity contribution in [2.75, 3.05) is 33.5 Å². The van der Waals surface area contributed by atoms with Crippen LogP contribution in [0.3, 0.4) is 0 Å². The first-order valence-corrected chi connectivity index (χ1v) is 21.4. The van der Waals surface area contributed by atoms with Crippen molar-refractivity contribution >= 4 is 40.7 Å². The van der Waals surface area contributed by atoms with Crippen LogP contribution in [0.2, 0.25) is 0 Å². The molecule has 2 aliphatic heterocycles. The third-order valence-corrected chi connectivity index (χ3v) is 13.5. The van der Waals surface area contributed by atoms with Crippen molar-refractivity contribution < 1.29 is 28.7 Å². The number of amides is 4. The van der Waals surface area contributed by atoms with Gasteiger partial charge in [0.1, 0.15) is 11.0 Å². The van der Waals surface area contributed by atoms with Crippen molar-refractivity contribution in [2.45, 2.75) is 134 Å². The van der Waals surface area contributed by atoms with E-state index in [0.29, 0.717) is 37.0 Å². The van der Waals surface area contributed by atoms with Gasteiger partial charge >= 0.3 is 0 Å². The molecule has 1 aliphatic carbocycles. The summed E-state index contributed by atoms with van der Waals surface area (Å²) in [7, 11) is 4.94. The van der Waals surface area contributed by atoms with Crippen LogP contribution < -0.4 is 21.7 Å². The second-order valence-corrected chi connectivity index (χ2v) is 17.5. The predicted octanol–water partition coefficient (Wildman–Crippen LogP) is 4.33. The average Bonchev–Trinajstić information content (AvgIpc) is 4.03. The summed E-state index contributed by atoms with van der Waals surface area (Å²) in [5, 5.41) is 12.5. The molecule has 11 unspecified atom stereocenters. The van der Waals surface area contributed by atoms with Gasteiger partial charge in [0.05, 0.1) is 48.7 Å². The number of thiazole rings is 1. The molecule has 2 bridgehead atoms. The van der Waals surface area contributed by atoms with E-state index in [1.54, 1.807) is 32.4 Å². The number of fused-ring (bicyclic) bond motifs is 2. The number of carbonyl (C=O) groups excluding carboxylic acids is 4. The molecule has 1 aromatic heterocycles. The molecule has 4 amide bonds. The number of ether oxygens (including phenoxy) is 2. The number of piperidine rings is 1. The lowest BCUT2D eigenvalue weighted by atomic mass is 9.89. The average molecular weight is 796 g/mol. The van der Waals surface area contributed by atoms with Gasteiger partial charge in [0, 0.05) is 51.1 Å². The molecule has 310 valence electrons. The minimum Gasteiger partial charge on any atom is -0.399 e. The summed E-state index contributed by atoms with van der Waals surface area (Å²) in [4.78, 5) is 64.0. The first-order chi connectivity index (χ1) is 26.8. The molecule has 2 aromatic rings. The first-order valence-electron chi connectivity index (χ1n) is 20.5. The molecular formula is C42H65N7O6S. The summed E-state index contributed by atoms with van der Waals surface area (Å²) in [5.74, 6) is -0.999. The number of nitrogen functional groups attached to an aromatic ring is 1. The van der Waals surface area contributed by atoms with Gasteiger partial charge in [0.25, 0.3) is 0 Å². The van der Waals surface area contributed by atoms with E-state index in [1.807, 2.05) is 55.3 Å². The van der Waals surface area contributed by atoms with Gasteiger partial charge in [-0.15, -0.1) is 11.3 Å². The molecule has 3 heterocycles. The minimum absolute atomic E-state index is 0.00119. The number of nitrogens with two attached hydrogens (primary N) is 1. The van der Waals surface area contributed by atoms with Crippen molar-refractivity contribution in [1.82, 2.24) is 30.7 Å². The molecule has 56 heavy (non-hydrogen) atoms. The summed E-state index contributed by atoms with van der Waals surface area (Å²) in [6.07, 6.45) is 6.55. The summed E-state index contributed by atoms with van der Waals surface area (Å²) in [6.45, 7) is 10.4. The Kier molecular flexibility index (Phi) is 15.3. The minimum atomic E-state index is -0.715. The molecule has 14 heteroatoms. The Morgan fingerprint density at radius 2 is 1.79 bits per heavy atom. The van der Waals surface area contributed by atoms with Gasteiger partial charge in [-0.05, 0) is 74.0 Å². The normalized spacial score (nSPS) is 24.3. The zero-order valence-corrected chi connectivity index (χ0v) is 35.3. The van der Waals surface area contributed by atoms with Crippen molar-refractivity contribution in [3.63, 3.8) is 0 Å². The number of carbonyl (C=O) groups is 4. The van der Waals surface area contributed by atoms with E-state index >= 15 is 0 Å². The highest BCUT2D eigenvalue weighted by Crippen LogP contribution is 2.36. The maximum Gasteiger partial charge on any atom is 0.245 e. The van der Waals surface area contributed by atoms with Gasteiger partial charge in [0.2, 0.25) is 23.6 Å². The van der Waals surface area contributed by atoms with Crippen LogP contribution in [0.4, 0.5) is 5.69 Å². The SMILES string of the molecule is CCC(C)C(C(CC(=O)N1CCCC1C(OC)C(C)C(=O)NC(Cc1ccc(N)cc1)c1nccs1)OC)N(C)C(=O)C(NC(=O)C1NC2CCC1C2)C(C)C. The number of methoxy groups -OCH3 is 2. The Balaban J connectivity index is 1.26. The number of nitrogens with one attached hydrogen (secondary N) is 3. The van der Waals surface area contributed by atoms with E-state index in [4.69, 9.17) is 15.2 Å². The standard InChI is InChI=1S/C42H65N7O6S/c1-9-25(4)37(48(6)42(53)35(24(2)3)47-40(52)36-28-14-17-30(22-28)45-36)33(54-7)23-34(50)49-19-10-11-32(49)38(55-8)26(5)39(51)46-31(41-44-18-20-56-41)21-27-12-15-29(43)16-13-27/h12-13,15-16,18,20,24-26,28,30-33,35-38,45H,9-11,14,17,19,21-23,43H2,1-8H3,(H,46,51)(H,47,52). The second kappa shape index (κ2) is 19.7. The van der Waals surface area contributed by atoms with Crippen LogP contribution in [-0.2, 0) is 35.1 Å². The number of hydrogen-bond donors (Lipinski definition) is 4. The number of likely N-dealkylation sites (tertiary alicyclic amines) is 1. The Hall–Kier alpha value is -3.59. The van der Waals surface area contributed by atoms with E-state index in [9.17, 15) is 19.2 Å². The van der Waals surface area contributed by atoms with Crippen LogP contribution in [0.25, 0.3) is 0 Å². The number of benzene rings is 1. The van der Waals surface area contributed by atoms with Gasteiger partial charge in [-0.2, -0.15) is 0 Å². The van der Waals surface area contributed by atoms with Gasteiger partial charge in [0.15, 0.2) is 0 Å². The monoisotopic (exact) mass is 795 g/mol. The zero-order valence-electron chi connectivity index (χ0n) is 34.5. The van der Waals surface area contributed by atoms with E-state index < -0.39 is 30.2 Å². The number of likely N-dealkylation sites (N-methyl/N-ethyl adjacent to an activating group) is 1. The smallest absolute Gasteiger partial charge is 0.245 e. The van der Waals surface area contributed by atoms with Crippen molar-refractivity contribution in [3.05, 3.63) is 46.4 Å². The molecule has 0 spiro atoms. The van der Waals surface area contributed by atoms with Gasteiger partial charge < -0.3 is 41.0 Å². The number of aromatic nitrogens is 1. The highest BCUT2D eigenvalue weighted by molar-refractivity contribution is 7.09. The fraction of sp³-hybridized carbons (Fsp3) is 0.690. The lowest BCUT2D eigenvalue weighted by Gasteiger charge is -2.41. The van der Waals surface area contributed by atoms with Crippen LogP contribution in [0.15, 0.2) is 35.8 Å². The topological polar surface area (TPSA) is 168 Å². The highest BCUT2D eigenvalue weighted by atomic mass is 32.1. The van der Waals surface area contributed by atoms with Gasteiger partial charge in [-0.25, -0.2) is 4.98 Å². The fourth-order valence-electron chi connectivity index (χ4n) is 9.23. The second-order valence-electron chi connectivity index (χ2n) is 16.6. The molecule has 5 rings (SSSR count). The molecule has 11 atom stereocenters. The number of hydrogen-bond acceptors (Lipinski definition) is 10. The lowest BCUT2D eigenvalue weighted by Crippen LogP contribution is -2.59. The Labute approximate surface area is 337 Å². The zero-order chi connectivity index (χ0) is 40.7. The van der Waals surface area contributed by atoms with E-state index in [0.717, 1.165) is 42.7 Å². The van der Waals surface area contributed by atoms with Gasteiger partial charge in [-0.1, -0.05) is 53.2 Å². The van der Waals surface area contributed by atoms with Gasteiger partial charge in [-0.3, -0.25) is 19.2 Å². The molecule has 2 saturated heterocycles. The molecule has 3 aliphatic rings. The van der Waals surface area contributed by atoms with Crippen molar-refractivity contribution in [2.24, 2.45) is 23.7 Å². The maximum absolute atomic E-state index is 14.3.